The third-order valence-electron chi connectivity index (χ3n) is 3.62. The van der Waals surface area contributed by atoms with Crippen LogP contribution in [-0.2, 0) is 6.54 Å². The van der Waals surface area contributed by atoms with Crippen LogP contribution in [0.3, 0.4) is 0 Å². The minimum absolute atomic E-state index is 0.252. The van der Waals surface area contributed by atoms with Gasteiger partial charge in [-0.3, -0.25) is 0 Å². The Kier molecular flexibility index (Phi) is 4.79. The summed E-state index contributed by atoms with van der Waals surface area (Å²) in [6, 6.07) is 13.5. The topological polar surface area (TPSA) is 30.9 Å². The van der Waals surface area contributed by atoms with Crippen LogP contribution in [0.25, 0.3) is 0 Å². The van der Waals surface area contributed by atoms with Gasteiger partial charge in [-0.05, 0) is 42.5 Å². The normalized spacial score (nSPS) is 12.3. The minimum Gasteiger partial charge on any atom is -0.481 e. The van der Waals surface area contributed by atoms with Crippen molar-refractivity contribution in [2.24, 2.45) is 0 Å². The van der Waals surface area contributed by atoms with Gasteiger partial charge in [-0.15, -0.1) is 12.8 Å². The fourth-order valence-corrected chi connectivity index (χ4v) is 2.48. The molecule has 1 aliphatic heterocycles. The van der Waals surface area contributed by atoms with Crippen molar-refractivity contribution < 1.29 is 14.2 Å². The molecule has 0 atom stereocenters. The van der Waals surface area contributed by atoms with Crippen LogP contribution in [0.1, 0.15) is 5.56 Å². The SMILES string of the molecule is C#CCOc1ccc(N2COc3ccc(OCC#C)cc3C2)cc1. The molecular formula is C20H17NO3. The van der Waals surface area contributed by atoms with Gasteiger partial charge in [-0.2, -0.15) is 0 Å². The molecule has 0 fully saturated rings. The number of rotatable bonds is 5. The number of nitrogens with zero attached hydrogens (tertiary/aromatic N) is 1. The third-order valence-corrected chi connectivity index (χ3v) is 3.62. The Morgan fingerprint density at radius 1 is 0.958 bits per heavy atom. The van der Waals surface area contributed by atoms with Gasteiger partial charge in [0.1, 0.15) is 30.5 Å². The molecule has 0 unspecified atom stereocenters. The summed E-state index contributed by atoms with van der Waals surface area (Å²) >= 11 is 0. The summed E-state index contributed by atoms with van der Waals surface area (Å²) in [5, 5.41) is 0. The summed E-state index contributed by atoms with van der Waals surface area (Å²) < 4.78 is 16.7. The van der Waals surface area contributed by atoms with Gasteiger partial charge >= 0.3 is 0 Å². The largest absolute Gasteiger partial charge is 0.481 e. The van der Waals surface area contributed by atoms with Crippen LogP contribution in [0, 0.1) is 24.7 Å². The number of fused-ring (bicyclic) bond motifs is 1. The molecule has 0 radical (unpaired) electrons. The van der Waals surface area contributed by atoms with Gasteiger partial charge in [0, 0.05) is 17.8 Å². The van der Waals surface area contributed by atoms with Crippen molar-refractivity contribution in [2.45, 2.75) is 6.54 Å². The first kappa shape index (κ1) is 15.6. The van der Waals surface area contributed by atoms with Gasteiger partial charge in [-0.25, -0.2) is 0 Å². The maximum Gasteiger partial charge on any atom is 0.161 e. The van der Waals surface area contributed by atoms with Crippen LogP contribution in [0.15, 0.2) is 42.5 Å². The van der Waals surface area contributed by atoms with E-state index < -0.39 is 0 Å². The Morgan fingerprint density at radius 2 is 1.62 bits per heavy atom. The highest BCUT2D eigenvalue weighted by Gasteiger charge is 2.18. The summed E-state index contributed by atoms with van der Waals surface area (Å²) in [4.78, 5) is 2.12. The lowest BCUT2D eigenvalue weighted by atomic mass is 10.1. The lowest BCUT2D eigenvalue weighted by Crippen LogP contribution is -2.31. The van der Waals surface area contributed by atoms with E-state index in [-0.39, 0.29) is 13.2 Å². The fourth-order valence-electron chi connectivity index (χ4n) is 2.48. The van der Waals surface area contributed by atoms with E-state index in [1.165, 1.54) is 0 Å². The predicted octanol–water partition coefficient (Wildman–Crippen LogP) is 3.07. The number of benzene rings is 2. The monoisotopic (exact) mass is 319 g/mol. The van der Waals surface area contributed by atoms with E-state index in [1.807, 2.05) is 42.5 Å². The molecule has 0 N–H and O–H groups in total. The molecule has 0 amide bonds. The first-order chi connectivity index (χ1) is 11.8. The lowest BCUT2D eigenvalue weighted by molar-refractivity contribution is 0.287. The third kappa shape index (κ3) is 3.56. The van der Waals surface area contributed by atoms with Gasteiger partial charge in [0.25, 0.3) is 0 Å². The Balaban J connectivity index is 1.72. The molecule has 4 nitrogen and oxygen atoms in total. The molecule has 4 heteroatoms. The van der Waals surface area contributed by atoms with Crippen LogP contribution in [0.2, 0.25) is 0 Å². The van der Waals surface area contributed by atoms with Gasteiger partial charge in [-0.1, -0.05) is 11.8 Å². The summed E-state index contributed by atoms with van der Waals surface area (Å²) in [7, 11) is 0. The van der Waals surface area contributed by atoms with E-state index in [0.717, 1.165) is 35.0 Å². The molecule has 24 heavy (non-hydrogen) atoms. The smallest absolute Gasteiger partial charge is 0.161 e. The van der Waals surface area contributed by atoms with Crippen molar-refractivity contribution in [3.05, 3.63) is 48.0 Å². The predicted molar refractivity (Wildman–Crippen MR) is 93.2 cm³/mol. The zero-order valence-electron chi connectivity index (χ0n) is 13.2. The van der Waals surface area contributed by atoms with Crippen LogP contribution < -0.4 is 19.1 Å². The molecular weight excluding hydrogens is 302 g/mol. The molecule has 1 heterocycles. The number of ether oxygens (including phenoxy) is 3. The number of anilines is 1. The Morgan fingerprint density at radius 3 is 2.33 bits per heavy atom. The zero-order chi connectivity index (χ0) is 16.8. The van der Waals surface area contributed by atoms with Crippen molar-refractivity contribution in [3.8, 4) is 41.9 Å². The van der Waals surface area contributed by atoms with Gasteiger partial charge in [0.05, 0.1) is 0 Å². The van der Waals surface area contributed by atoms with E-state index in [0.29, 0.717) is 6.73 Å². The molecule has 0 spiro atoms. The minimum atomic E-state index is 0.252. The summed E-state index contributed by atoms with van der Waals surface area (Å²) in [5.74, 6) is 7.28. The molecule has 0 aliphatic carbocycles. The second kappa shape index (κ2) is 7.35. The lowest BCUT2D eigenvalue weighted by Gasteiger charge is -2.31. The Hall–Kier alpha value is -3.24. The van der Waals surface area contributed by atoms with Crippen LogP contribution in [0.4, 0.5) is 5.69 Å². The van der Waals surface area contributed by atoms with Crippen molar-refractivity contribution in [1.29, 1.82) is 0 Å². The van der Waals surface area contributed by atoms with Crippen LogP contribution >= 0.6 is 0 Å². The standard InChI is InChI=1S/C20H17NO3/c1-3-11-22-18-7-5-17(6-8-18)21-14-16-13-19(23-12-4-2)9-10-20(16)24-15-21/h1-2,5-10,13H,11-12,14-15H2. The molecule has 2 aromatic carbocycles. The Bertz CT molecular complexity index is 784. The van der Waals surface area contributed by atoms with Crippen molar-refractivity contribution in [1.82, 2.24) is 0 Å². The number of terminal acetylenes is 2. The summed E-state index contributed by atoms with van der Waals surface area (Å²) in [6.45, 7) is 1.73. The Labute approximate surface area is 142 Å². The van der Waals surface area contributed by atoms with E-state index in [9.17, 15) is 0 Å². The number of hydrogen-bond acceptors (Lipinski definition) is 4. The van der Waals surface area contributed by atoms with E-state index >= 15 is 0 Å². The van der Waals surface area contributed by atoms with E-state index in [2.05, 4.69) is 16.7 Å². The van der Waals surface area contributed by atoms with Gasteiger partial charge in [0.15, 0.2) is 6.73 Å². The molecule has 120 valence electrons. The fraction of sp³-hybridized carbons (Fsp3) is 0.200. The quantitative estimate of drug-likeness (QED) is 0.793. The first-order valence-electron chi connectivity index (χ1n) is 7.53. The first-order valence-corrected chi connectivity index (χ1v) is 7.53. The maximum absolute atomic E-state index is 5.82. The highest BCUT2D eigenvalue weighted by molar-refractivity contribution is 5.52. The maximum atomic E-state index is 5.82. The van der Waals surface area contributed by atoms with Gasteiger partial charge in [0.2, 0.25) is 0 Å². The zero-order valence-corrected chi connectivity index (χ0v) is 13.2. The summed E-state index contributed by atoms with van der Waals surface area (Å²) in [5.41, 5.74) is 2.10. The second-order valence-corrected chi connectivity index (χ2v) is 5.22. The molecule has 3 rings (SSSR count). The van der Waals surface area contributed by atoms with Crippen LogP contribution in [-0.4, -0.2) is 19.9 Å². The average molecular weight is 319 g/mol. The van der Waals surface area contributed by atoms with Crippen molar-refractivity contribution >= 4 is 5.69 Å². The van der Waals surface area contributed by atoms with E-state index in [1.54, 1.807) is 0 Å². The van der Waals surface area contributed by atoms with Gasteiger partial charge < -0.3 is 19.1 Å². The van der Waals surface area contributed by atoms with Crippen LogP contribution in [0.5, 0.6) is 17.2 Å². The highest BCUT2D eigenvalue weighted by atomic mass is 16.5. The molecule has 0 bridgehead atoms. The average Bonchev–Trinajstić information content (AvgIpc) is 2.64. The highest BCUT2D eigenvalue weighted by Crippen LogP contribution is 2.31. The second-order valence-electron chi connectivity index (χ2n) is 5.22. The molecule has 0 saturated carbocycles. The van der Waals surface area contributed by atoms with Crippen molar-refractivity contribution in [3.63, 3.8) is 0 Å². The molecule has 2 aromatic rings. The van der Waals surface area contributed by atoms with E-state index in [4.69, 9.17) is 27.1 Å². The molecule has 0 saturated heterocycles. The molecule has 0 aromatic heterocycles. The summed E-state index contributed by atoms with van der Waals surface area (Å²) in [6.07, 6.45) is 10.4. The molecule has 1 aliphatic rings. The van der Waals surface area contributed by atoms with Crippen molar-refractivity contribution in [2.75, 3.05) is 24.8 Å². The number of hydrogen-bond donors (Lipinski definition) is 0.